The first-order chi connectivity index (χ1) is 8.20. The first-order valence-electron chi connectivity index (χ1n) is 5.32. The van der Waals surface area contributed by atoms with Gasteiger partial charge in [0.2, 0.25) is 0 Å². The molecule has 0 unspecified atom stereocenters. The summed E-state index contributed by atoms with van der Waals surface area (Å²) >= 11 is 0. The van der Waals surface area contributed by atoms with Crippen molar-refractivity contribution in [2.45, 2.75) is 6.92 Å². The van der Waals surface area contributed by atoms with Crippen LogP contribution < -0.4 is 10.3 Å². The van der Waals surface area contributed by atoms with Crippen molar-refractivity contribution < 1.29 is 9.13 Å². The van der Waals surface area contributed by atoms with E-state index >= 15 is 0 Å². The lowest BCUT2D eigenvalue weighted by Crippen LogP contribution is -2.10. The fourth-order valence-corrected chi connectivity index (χ4v) is 1.56. The molecule has 3 nitrogen and oxygen atoms in total. The topological polar surface area (TPSA) is 42.1 Å². The number of aromatic amines is 1. The number of halogens is 1. The lowest BCUT2D eigenvalue weighted by atomic mass is 10.1. The van der Waals surface area contributed by atoms with Crippen LogP contribution in [0.4, 0.5) is 4.39 Å². The van der Waals surface area contributed by atoms with Crippen LogP contribution in [0.2, 0.25) is 0 Å². The Bertz CT molecular complexity index is 578. The molecule has 0 saturated carbocycles. The number of pyridine rings is 1. The molecule has 0 saturated heterocycles. The number of H-pyrrole nitrogens is 1. The highest BCUT2D eigenvalue weighted by atomic mass is 19.1. The van der Waals surface area contributed by atoms with Crippen LogP contribution in [0.15, 0.2) is 41.3 Å². The Labute approximate surface area is 97.9 Å². The van der Waals surface area contributed by atoms with Crippen LogP contribution in [-0.4, -0.2) is 11.6 Å². The van der Waals surface area contributed by atoms with Gasteiger partial charge in [-0.3, -0.25) is 4.79 Å². The molecule has 1 N–H and O–H groups in total. The number of nitrogens with one attached hydrogen (secondary N) is 1. The summed E-state index contributed by atoms with van der Waals surface area (Å²) in [5.41, 5.74) is 1.13. The zero-order valence-corrected chi connectivity index (χ0v) is 9.37. The predicted molar refractivity (Wildman–Crippen MR) is 63.6 cm³/mol. The monoisotopic (exact) mass is 233 g/mol. The van der Waals surface area contributed by atoms with E-state index < -0.39 is 0 Å². The third kappa shape index (κ3) is 2.53. The Morgan fingerprint density at radius 2 is 2.12 bits per heavy atom. The highest BCUT2D eigenvalue weighted by Crippen LogP contribution is 2.21. The van der Waals surface area contributed by atoms with Crippen molar-refractivity contribution in [1.29, 1.82) is 0 Å². The van der Waals surface area contributed by atoms with Crippen LogP contribution in [-0.2, 0) is 0 Å². The van der Waals surface area contributed by atoms with Gasteiger partial charge in [0.15, 0.2) is 5.75 Å². The fraction of sp³-hybridized carbons (Fsp3) is 0.154. The summed E-state index contributed by atoms with van der Waals surface area (Å²) in [6.45, 7) is 2.21. The van der Waals surface area contributed by atoms with Gasteiger partial charge in [-0.1, -0.05) is 12.1 Å². The lowest BCUT2D eigenvalue weighted by molar-refractivity contribution is 0.335. The zero-order valence-electron chi connectivity index (χ0n) is 9.37. The molecule has 0 aliphatic carbocycles. The largest absolute Gasteiger partial charge is 0.488 e. The van der Waals surface area contributed by atoms with Crippen LogP contribution in [0.3, 0.4) is 0 Å². The fourth-order valence-electron chi connectivity index (χ4n) is 1.56. The first kappa shape index (κ1) is 11.4. The summed E-state index contributed by atoms with van der Waals surface area (Å²) in [7, 11) is 0. The number of benzene rings is 1. The standard InChI is InChI=1S/C13H12FNO2/c1-2-17-12-7-10(8-15-13(12)16)9-4-3-5-11(14)6-9/h3-8H,2H2,1H3,(H,15,16). The molecule has 0 radical (unpaired) electrons. The summed E-state index contributed by atoms with van der Waals surface area (Å²) in [6, 6.07) is 7.78. The van der Waals surface area contributed by atoms with Crippen molar-refractivity contribution in [1.82, 2.24) is 4.98 Å². The van der Waals surface area contributed by atoms with Gasteiger partial charge in [0.05, 0.1) is 6.61 Å². The second kappa shape index (κ2) is 4.82. The Hall–Kier alpha value is -2.10. The van der Waals surface area contributed by atoms with Gasteiger partial charge in [-0.2, -0.15) is 0 Å². The summed E-state index contributed by atoms with van der Waals surface area (Å²) in [5.74, 6) is -0.0686. The molecule has 88 valence electrons. The summed E-state index contributed by atoms with van der Waals surface area (Å²) in [6.07, 6.45) is 1.54. The lowest BCUT2D eigenvalue weighted by Gasteiger charge is -2.05. The van der Waals surface area contributed by atoms with E-state index in [-0.39, 0.29) is 17.1 Å². The second-order valence-electron chi connectivity index (χ2n) is 3.53. The highest BCUT2D eigenvalue weighted by Gasteiger charge is 2.04. The molecule has 4 heteroatoms. The van der Waals surface area contributed by atoms with Crippen molar-refractivity contribution in [2.24, 2.45) is 0 Å². The van der Waals surface area contributed by atoms with Crippen molar-refractivity contribution >= 4 is 0 Å². The Kier molecular flexibility index (Phi) is 3.23. The Morgan fingerprint density at radius 1 is 1.29 bits per heavy atom. The van der Waals surface area contributed by atoms with Gasteiger partial charge in [-0.15, -0.1) is 0 Å². The van der Waals surface area contributed by atoms with Crippen LogP contribution in [0.1, 0.15) is 6.92 Å². The Balaban J connectivity index is 2.46. The van der Waals surface area contributed by atoms with Gasteiger partial charge in [0.25, 0.3) is 5.56 Å². The van der Waals surface area contributed by atoms with Crippen molar-refractivity contribution in [3.63, 3.8) is 0 Å². The molecule has 2 aromatic rings. The summed E-state index contributed by atoms with van der Waals surface area (Å²) in [4.78, 5) is 14.0. The molecule has 1 aromatic heterocycles. The normalized spacial score (nSPS) is 10.2. The summed E-state index contributed by atoms with van der Waals surface area (Å²) < 4.78 is 18.3. The molecular formula is C13H12FNO2. The maximum absolute atomic E-state index is 13.1. The molecule has 0 aliphatic rings. The molecular weight excluding hydrogens is 221 g/mol. The Morgan fingerprint density at radius 3 is 2.82 bits per heavy atom. The van der Waals surface area contributed by atoms with Crippen LogP contribution in [0.5, 0.6) is 5.75 Å². The van der Waals surface area contributed by atoms with Crippen LogP contribution in [0, 0.1) is 5.82 Å². The number of aromatic nitrogens is 1. The molecule has 0 bridgehead atoms. The summed E-state index contributed by atoms with van der Waals surface area (Å²) in [5, 5.41) is 0. The number of hydrogen-bond donors (Lipinski definition) is 1. The van der Waals surface area contributed by atoms with Crippen molar-refractivity contribution in [3.05, 3.63) is 52.7 Å². The number of ether oxygens (including phenoxy) is 1. The van der Waals surface area contributed by atoms with Crippen molar-refractivity contribution in [2.75, 3.05) is 6.61 Å². The smallest absolute Gasteiger partial charge is 0.290 e. The van der Waals surface area contributed by atoms with E-state index in [9.17, 15) is 9.18 Å². The quantitative estimate of drug-likeness (QED) is 0.885. The molecule has 17 heavy (non-hydrogen) atoms. The molecule has 0 amide bonds. The minimum absolute atomic E-state index is 0.245. The average Bonchev–Trinajstić information content (AvgIpc) is 2.32. The van der Waals surface area contributed by atoms with Gasteiger partial charge in [0.1, 0.15) is 5.82 Å². The third-order valence-corrected chi connectivity index (χ3v) is 2.33. The van der Waals surface area contributed by atoms with E-state index in [4.69, 9.17) is 4.74 Å². The predicted octanol–water partition coefficient (Wildman–Crippen LogP) is 2.58. The zero-order chi connectivity index (χ0) is 12.3. The second-order valence-corrected chi connectivity index (χ2v) is 3.53. The molecule has 1 heterocycles. The molecule has 0 fully saturated rings. The number of hydrogen-bond acceptors (Lipinski definition) is 2. The maximum Gasteiger partial charge on any atom is 0.290 e. The molecule has 0 aliphatic heterocycles. The average molecular weight is 233 g/mol. The van der Waals surface area contributed by atoms with Gasteiger partial charge in [-0.05, 0) is 30.7 Å². The van der Waals surface area contributed by atoms with Gasteiger partial charge < -0.3 is 9.72 Å². The van der Waals surface area contributed by atoms with Crippen LogP contribution in [0.25, 0.3) is 11.1 Å². The third-order valence-electron chi connectivity index (χ3n) is 2.33. The molecule has 0 spiro atoms. The minimum atomic E-state index is -0.313. The first-order valence-corrected chi connectivity index (χ1v) is 5.32. The molecule has 2 rings (SSSR count). The molecule has 0 atom stereocenters. The van der Waals surface area contributed by atoms with E-state index in [0.29, 0.717) is 17.7 Å². The van der Waals surface area contributed by atoms with E-state index in [2.05, 4.69) is 4.98 Å². The van der Waals surface area contributed by atoms with E-state index in [0.717, 1.165) is 0 Å². The van der Waals surface area contributed by atoms with Gasteiger partial charge >= 0.3 is 0 Å². The van der Waals surface area contributed by atoms with Gasteiger partial charge in [0, 0.05) is 11.8 Å². The maximum atomic E-state index is 13.1. The highest BCUT2D eigenvalue weighted by molar-refractivity contribution is 5.63. The van der Waals surface area contributed by atoms with Gasteiger partial charge in [-0.25, -0.2) is 4.39 Å². The SMILES string of the molecule is CCOc1cc(-c2cccc(F)c2)c[nH]c1=O. The van der Waals surface area contributed by atoms with Crippen molar-refractivity contribution in [3.8, 4) is 16.9 Å². The van der Waals surface area contributed by atoms with E-state index in [1.807, 2.05) is 0 Å². The molecule has 1 aromatic carbocycles. The van der Waals surface area contributed by atoms with E-state index in [1.54, 1.807) is 31.3 Å². The van der Waals surface area contributed by atoms with E-state index in [1.165, 1.54) is 12.1 Å². The van der Waals surface area contributed by atoms with Crippen LogP contribution >= 0.6 is 0 Å². The minimum Gasteiger partial charge on any atom is -0.488 e. The number of rotatable bonds is 3.